The zero-order valence-corrected chi connectivity index (χ0v) is 17.2. The summed E-state index contributed by atoms with van der Waals surface area (Å²) in [6.45, 7) is 17.3. The Kier molecular flexibility index (Phi) is 3.99. The van der Waals surface area contributed by atoms with Gasteiger partial charge >= 0.3 is 5.97 Å². The van der Waals surface area contributed by atoms with Gasteiger partial charge in [-0.1, -0.05) is 34.6 Å². The molecule has 24 heavy (non-hydrogen) atoms. The molecule has 0 saturated heterocycles. The molecular formula is C22H38O2. The molecule has 0 heterocycles. The van der Waals surface area contributed by atoms with E-state index in [0.29, 0.717) is 0 Å². The number of rotatable bonds is 4. The first-order valence-electron chi connectivity index (χ1n) is 10.1. The second kappa shape index (κ2) is 5.24. The Hall–Kier alpha value is -0.530. The monoisotopic (exact) mass is 334 g/mol. The molecule has 0 aromatic heterocycles. The van der Waals surface area contributed by atoms with Crippen LogP contribution in [0.2, 0.25) is 0 Å². The van der Waals surface area contributed by atoms with Gasteiger partial charge in [-0.3, -0.25) is 4.79 Å². The van der Waals surface area contributed by atoms with Gasteiger partial charge in [-0.2, -0.15) is 0 Å². The SMILES string of the molecule is CC(C)C(C)(C(=O)OC(C)(C)C12CC3CC(C1)C(C3)C2)C(C)(C)C. The Balaban J connectivity index is 1.83. The average Bonchev–Trinajstić information content (AvgIpc) is 2.83. The van der Waals surface area contributed by atoms with Crippen molar-refractivity contribution in [3.63, 3.8) is 0 Å². The topological polar surface area (TPSA) is 26.3 Å². The molecule has 0 aromatic carbocycles. The molecule has 0 spiro atoms. The molecule has 4 saturated carbocycles. The highest BCUT2D eigenvalue weighted by Gasteiger charge is 2.63. The van der Waals surface area contributed by atoms with Crippen LogP contribution >= 0.6 is 0 Å². The van der Waals surface area contributed by atoms with Crippen LogP contribution < -0.4 is 0 Å². The van der Waals surface area contributed by atoms with Gasteiger partial charge in [0.2, 0.25) is 0 Å². The number of ether oxygens (including phenoxy) is 1. The van der Waals surface area contributed by atoms with Gasteiger partial charge in [-0.05, 0) is 82.0 Å². The van der Waals surface area contributed by atoms with Gasteiger partial charge in [0.1, 0.15) is 5.60 Å². The molecule has 0 amide bonds. The number of esters is 1. The van der Waals surface area contributed by atoms with Crippen molar-refractivity contribution in [3.05, 3.63) is 0 Å². The highest BCUT2D eigenvalue weighted by molar-refractivity contribution is 5.78. The largest absolute Gasteiger partial charge is 0.459 e. The smallest absolute Gasteiger partial charge is 0.313 e. The summed E-state index contributed by atoms with van der Waals surface area (Å²) in [5.74, 6) is 2.96. The van der Waals surface area contributed by atoms with Crippen molar-refractivity contribution in [1.29, 1.82) is 0 Å². The first kappa shape index (κ1) is 18.3. The minimum atomic E-state index is -0.462. The van der Waals surface area contributed by atoms with Crippen molar-refractivity contribution in [3.8, 4) is 0 Å². The maximum atomic E-state index is 13.4. The molecule has 4 aliphatic carbocycles. The van der Waals surface area contributed by atoms with Gasteiger partial charge < -0.3 is 4.74 Å². The van der Waals surface area contributed by atoms with E-state index in [0.717, 1.165) is 17.8 Å². The van der Waals surface area contributed by atoms with E-state index in [1.165, 1.54) is 32.1 Å². The molecule has 138 valence electrons. The third-order valence-electron chi connectivity index (χ3n) is 8.69. The summed E-state index contributed by atoms with van der Waals surface area (Å²) >= 11 is 0. The van der Waals surface area contributed by atoms with Crippen molar-refractivity contribution < 1.29 is 9.53 Å². The minimum Gasteiger partial charge on any atom is -0.459 e. The molecule has 0 radical (unpaired) electrons. The molecule has 2 heteroatoms. The Morgan fingerprint density at radius 3 is 1.83 bits per heavy atom. The van der Waals surface area contributed by atoms with Crippen molar-refractivity contribution in [1.82, 2.24) is 0 Å². The van der Waals surface area contributed by atoms with E-state index in [1.807, 2.05) is 0 Å². The van der Waals surface area contributed by atoms with Gasteiger partial charge in [0.15, 0.2) is 0 Å². The van der Waals surface area contributed by atoms with Crippen molar-refractivity contribution in [2.24, 2.45) is 39.9 Å². The van der Waals surface area contributed by atoms with E-state index in [9.17, 15) is 4.79 Å². The van der Waals surface area contributed by atoms with Crippen LogP contribution in [0.3, 0.4) is 0 Å². The van der Waals surface area contributed by atoms with Crippen LogP contribution in [0.15, 0.2) is 0 Å². The maximum absolute atomic E-state index is 13.4. The molecule has 4 aliphatic rings. The summed E-state index contributed by atoms with van der Waals surface area (Å²) in [7, 11) is 0. The van der Waals surface area contributed by atoms with Gasteiger partial charge in [0, 0.05) is 5.41 Å². The standard InChI is InChI=1S/C22H38O2/c1-14(2)21(8,19(3,4)5)18(23)24-20(6,7)22-11-15-9-16(12-22)17(10-15)13-22/h14-17H,9-13H2,1-8H3. The second-order valence-electron chi connectivity index (χ2n) is 11.3. The van der Waals surface area contributed by atoms with Gasteiger partial charge in [-0.15, -0.1) is 0 Å². The van der Waals surface area contributed by atoms with Gasteiger partial charge in [0.05, 0.1) is 5.41 Å². The quantitative estimate of drug-likeness (QED) is 0.603. The highest BCUT2D eigenvalue weighted by atomic mass is 16.6. The normalized spacial score (nSPS) is 37.8. The summed E-state index contributed by atoms with van der Waals surface area (Å²) in [4.78, 5) is 13.4. The van der Waals surface area contributed by atoms with E-state index in [2.05, 4.69) is 55.4 Å². The van der Waals surface area contributed by atoms with Crippen LogP contribution in [0, 0.1) is 39.9 Å². The van der Waals surface area contributed by atoms with E-state index >= 15 is 0 Å². The van der Waals surface area contributed by atoms with E-state index in [4.69, 9.17) is 4.74 Å². The Bertz CT molecular complexity index is 505. The van der Waals surface area contributed by atoms with Crippen LogP contribution in [0.25, 0.3) is 0 Å². The van der Waals surface area contributed by atoms with Crippen LogP contribution in [-0.2, 0) is 9.53 Å². The molecule has 2 nitrogen and oxygen atoms in total. The molecule has 0 aromatic rings. The van der Waals surface area contributed by atoms with E-state index < -0.39 is 5.41 Å². The van der Waals surface area contributed by atoms with Crippen LogP contribution in [-0.4, -0.2) is 11.6 Å². The lowest BCUT2D eigenvalue weighted by atomic mass is 9.60. The van der Waals surface area contributed by atoms with Crippen molar-refractivity contribution in [2.75, 3.05) is 0 Å². The zero-order chi connectivity index (χ0) is 18.1. The third-order valence-corrected chi connectivity index (χ3v) is 8.69. The Morgan fingerprint density at radius 2 is 1.46 bits per heavy atom. The fourth-order valence-electron chi connectivity index (χ4n) is 6.40. The predicted molar refractivity (Wildman–Crippen MR) is 98.6 cm³/mol. The van der Waals surface area contributed by atoms with Gasteiger partial charge in [-0.25, -0.2) is 0 Å². The average molecular weight is 335 g/mol. The Morgan fingerprint density at radius 1 is 0.958 bits per heavy atom. The minimum absolute atomic E-state index is 0.00655. The zero-order valence-electron chi connectivity index (χ0n) is 17.2. The lowest BCUT2D eigenvalue weighted by Gasteiger charge is -2.51. The Labute approximate surface area is 149 Å². The number of carbonyl (C=O) groups is 1. The van der Waals surface area contributed by atoms with Crippen molar-refractivity contribution in [2.45, 2.75) is 93.1 Å². The first-order valence-corrected chi connectivity index (χ1v) is 10.1. The molecule has 3 unspecified atom stereocenters. The number of hydrogen-bond donors (Lipinski definition) is 0. The van der Waals surface area contributed by atoms with Crippen LogP contribution in [0.1, 0.15) is 87.5 Å². The maximum Gasteiger partial charge on any atom is 0.313 e. The summed E-state index contributed by atoms with van der Waals surface area (Å²) in [6, 6.07) is 0. The third kappa shape index (κ3) is 2.38. The first-order chi connectivity index (χ1) is 10.8. The fraction of sp³-hybridized carbons (Fsp3) is 0.955. The fourth-order valence-corrected chi connectivity index (χ4v) is 6.40. The lowest BCUT2D eigenvalue weighted by molar-refractivity contribution is -0.197. The molecular weight excluding hydrogens is 296 g/mol. The molecule has 4 rings (SSSR count). The van der Waals surface area contributed by atoms with E-state index in [1.54, 1.807) is 0 Å². The van der Waals surface area contributed by atoms with Crippen LogP contribution in [0.5, 0.6) is 0 Å². The molecule has 0 N–H and O–H groups in total. The predicted octanol–water partition coefficient (Wildman–Crippen LogP) is 5.84. The molecule has 3 atom stereocenters. The summed E-state index contributed by atoms with van der Waals surface area (Å²) in [5.41, 5.74) is -0.693. The summed E-state index contributed by atoms with van der Waals surface area (Å²) in [6.07, 6.45) is 6.70. The molecule has 4 bridgehead atoms. The van der Waals surface area contributed by atoms with Crippen molar-refractivity contribution >= 4 is 5.97 Å². The van der Waals surface area contributed by atoms with E-state index in [-0.39, 0.29) is 28.3 Å². The molecule has 0 aliphatic heterocycles. The lowest BCUT2D eigenvalue weighted by Crippen LogP contribution is -2.53. The number of carbonyl (C=O) groups excluding carboxylic acids is 1. The second-order valence-corrected chi connectivity index (χ2v) is 11.3. The summed E-state index contributed by atoms with van der Waals surface area (Å²) in [5, 5.41) is 0. The molecule has 4 fully saturated rings. The highest BCUT2D eigenvalue weighted by Crippen LogP contribution is 2.68. The summed E-state index contributed by atoms with van der Waals surface area (Å²) < 4.78 is 6.38. The number of hydrogen-bond acceptors (Lipinski definition) is 2. The van der Waals surface area contributed by atoms with Crippen LogP contribution in [0.4, 0.5) is 0 Å². The van der Waals surface area contributed by atoms with Gasteiger partial charge in [0.25, 0.3) is 0 Å².